The molecule has 2 aromatic rings. The second-order valence-corrected chi connectivity index (χ2v) is 8.33. The second-order valence-electron chi connectivity index (χ2n) is 8.33. The normalized spacial score (nSPS) is 18.0. The van der Waals surface area contributed by atoms with Crippen molar-refractivity contribution in [2.45, 2.75) is 31.3 Å². The standard InChI is InChI=1S/C25H28N2O4/c1-30-24(29)9-5-19-4-8-23-21(16-19)22(28)17-25(31-23)11-14-27(15-12-25)13-10-18-2-6-20(26)7-3-18/h2-9,16H,10-15,17,26H2,1H3. The number of hydrogen-bond acceptors (Lipinski definition) is 6. The van der Waals surface area contributed by atoms with Crippen molar-refractivity contribution < 1.29 is 19.1 Å². The first-order chi connectivity index (χ1) is 15.0. The lowest BCUT2D eigenvalue weighted by molar-refractivity contribution is -0.134. The van der Waals surface area contributed by atoms with Crippen LogP contribution in [0.15, 0.2) is 48.5 Å². The lowest BCUT2D eigenvalue weighted by Crippen LogP contribution is -2.51. The van der Waals surface area contributed by atoms with Crippen molar-refractivity contribution >= 4 is 23.5 Å². The molecule has 6 nitrogen and oxygen atoms in total. The van der Waals surface area contributed by atoms with Crippen LogP contribution in [0.1, 0.15) is 40.7 Å². The van der Waals surface area contributed by atoms with Crippen LogP contribution < -0.4 is 10.5 Å². The van der Waals surface area contributed by atoms with Crippen LogP contribution in [0.2, 0.25) is 0 Å². The van der Waals surface area contributed by atoms with E-state index in [2.05, 4.69) is 21.8 Å². The summed E-state index contributed by atoms with van der Waals surface area (Å²) in [6.07, 6.45) is 6.04. The first-order valence-electron chi connectivity index (χ1n) is 10.7. The third kappa shape index (κ3) is 4.97. The number of methoxy groups -OCH3 is 1. The van der Waals surface area contributed by atoms with Crippen molar-refractivity contribution in [1.82, 2.24) is 4.90 Å². The van der Waals surface area contributed by atoms with Gasteiger partial charge in [0.1, 0.15) is 11.4 Å². The molecule has 1 saturated heterocycles. The van der Waals surface area contributed by atoms with Gasteiger partial charge in [-0.15, -0.1) is 0 Å². The van der Waals surface area contributed by atoms with Gasteiger partial charge in [-0.1, -0.05) is 18.2 Å². The van der Waals surface area contributed by atoms with Crippen LogP contribution in [-0.2, 0) is 16.0 Å². The van der Waals surface area contributed by atoms with Crippen molar-refractivity contribution in [2.75, 3.05) is 32.5 Å². The van der Waals surface area contributed by atoms with E-state index in [0.717, 1.165) is 50.1 Å². The summed E-state index contributed by atoms with van der Waals surface area (Å²) in [6.45, 7) is 2.81. The maximum atomic E-state index is 12.9. The zero-order valence-electron chi connectivity index (χ0n) is 17.8. The molecule has 0 bridgehead atoms. The Hall–Kier alpha value is -3.12. The largest absolute Gasteiger partial charge is 0.486 e. The molecule has 2 heterocycles. The van der Waals surface area contributed by atoms with Crippen molar-refractivity contribution in [3.05, 3.63) is 65.2 Å². The lowest BCUT2D eigenvalue weighted by atomic mass is 9.82. The molecule has 0 unspecified atom stereocenters. The maximum Gasteiger partial charge on any atom is 0.330 e. The van der Waals surface area contributed by atoms with E-state index in [9.17, 15) is 9.59 Å². The molecular formula is C25H28N2O4. The van der Waals surface area contributed by atoms with Crippen LogP contribution in [0, 0.1) is 0 Å². The molecule has 0 saturated carbocycles. The van der Waals surface area contributed by atoms with Gasteiger partial charge in [-0.3, -0.25) is 4.79 Å². The molecule has 162 valence electrons. The van der Waals surface area contributed by atoms with Crippen molar-refractivity contribution in [2.24, 2.45) is 0 Å². The minimum atomic E-state index is -0.428. The van der Waals surface area contributed by atoms with Crippen LogP contribution in [0.4, 0.5) is 5.69 Å². The van der Waals surface area contributed by atoms with Crippen molar-refractivity contribution in [1.29, 1.82) is 0 Å². The number of hydrogen-bond donors (Lipinski definition) is 1. The number of fused-ring (bicyclic) bond motifs is 1. The highest BCUT2D eigenvalue weighted by Gasteiger charge is 2.42. The summed E-state index contributed by atoms with van der Waals surface area (Å²) in [5.74, 6) is 0.314. The Bertz CT molecular complexity index is 989. The smallest absolute Gasteiger partial charge is 0.330 e. The summed E-state index contributed by atoms with van der Waals surface area (Å²) >= 11 is 0. The van der Waals surface area contributed by atoms with E-state index in [1.54, 1.807) is 12.1 Å². The number of Topliss-reactive ketones (excluding diaryl/α,β-unsaturated/α-hetero) is 1. The quantitative estimate of drug-likeness (QED) is 0.453. The number of anilines is 1. The number of likely N-dealkylation sites (tertiary alicyclic amines) is 1. The molecule has 2 aromatic carbocycles. The highest BCUT2D eigenvalue weighted by Crippen LogP contribution is 2.39. The van der Waals surface area contributed by atoms with Crippen LogP contribution in [0.5, 0.6) is 5.75 Å². The van der Waals surface area contributed by atoms with E-state index < -0.39 is 11.6 Å². The van der Waals surface area contributed by atoms with E-state index in [-0.39, 0.29) is 5.78 Å². The number of ether oxygens (including phenoxy) is 2. The highest BCUT2D eigenvalue weighted by atomic mass is 16.5. The zero-order chi connectivity index (χ0) is 21.8. The van der Waals surface area contributed by atoms with E-state index in [4.69, 9.17) is 10.5 Å². The predicted octanol–water partition coefficient (Wildman–Crippen LogP) is 3.50. The Morgan fingerprint density at radius 2 is 1.94 bits per heavy atom. The average molecular weight is 421 g/mol. The molecule has 0 amide bonds. The lowest BCUT2D eigenvalue weighted by Gasteiger charge is -2.44. The molecule has 2 N–H and O–H groups in total. The number of carbonyl (C=O) groups is 2. The zero-order valence-corrected chi connectivity index (χ0v) is 17.8. The van der Waals surface area contributed by atoms with Gasteiger partial charge in [-0.05, 0) is 47.9 Å². The number of piperidine rings is 1. The van der Waals surface area contributed by atoms with E-state index in [1.165, 1.54) is 18.7 Å². The van der Waals surface area contributed by atoms with Gasteiger partial charge < -0.3 is 20.1 Å². The first-order valence-corrected chi connectivity index (χ1v) is 10.7. The third-order valence-electron chi connectivity index (χ3n) is 6.19. The van der Waals surface area contributed by atoms with Gasteiger partial charge in [0.25, 0.3) is 0 Å². The number of nitrogens with zero attached hydrogens (tertiary/aromatic N) is 1. The van der Waals surface area contributed by atoms with Gasteiger partial charge in [-0.25, -0.2) is 4.79 Å². The van der Waals surface area contributed by atoms with Gasteiger partial charge in [0, 0.05) is 44.2 Å². The summed E-state index contributed by atoms with van der Waals surface area (Å²) in [6, 6.07) is 13.5. The second kappa shape index (κ2) is 8.94. The number of rotatable bonds is 5. The number of nitrogen functional groups attached to an aromatic ring is 1. The number of esters is 1. The van der Waals surface area contributed by atoms with Crippen LogP contribution >= 0.6 is 0 Å². The van der Waals surface area contributed by atoms with Gasteiger partial charge in [-0.2, -0.15) is 0 Å². The topological polar surface area (TPSA) is 81.9 Å². The Morgan fingerprint density at radius 3 is 2.65 bits per heavy atom. The molecule has 0 radical (unpaired) electrons. The van der Waals surface area contributed by atoms with Crippen LogP contribution in [0.25, 0.3) is 6.08 Å². The molecule has 1 spiro atoms. The molecule has 31 heavy (non-hydrogen) atoms. The van der Waals surface area contributed by atoms with E-state index in [1.807, 2.05) is 24.3 Å². The summed E-state index contributed by atoms with van der Waals surface area (Å²) in [5, 5.41) is 0. The van der Waals surface area contributed by atoms with Gasteiger partial charge in [0.2, 0.25) is 0 Å². The predicted molar refractivity (Wildman–Crippen MR) is 120 cm³/mol. The number of nitrogens with two attached hydrogens (primary N) is 1. The Labute approximate surface area is 182 Å². The van der Waals surface area contributed by atoms with E-state index >= 15 is 0 Å². The van der Waals surface area contributed by atoms with Crippen LogP contribution in [0.3, 0.4) is 0 Å². The molecule has 4 rings (SSSR count). The minimum absolute atomic E-state index is 0.102. The Morgan fingerprint density at radius 1 is 1.19 bits per heavy atom. The average Bonchev–Trinajstić information content (AvgIpc) is 2.78. The van der Waals surface area contributed by atoms with E-state index in [0.29, 0.717) is 17.7 Å². The number of carbonyl (C=O) groups excluding carboxylic acids is 2. The fourth-order valence-corrected chi connectivity index (χ4v) is 4.28. The molecule has 0 atom stereocenters. The van der Waals surface area contributed by atoms with Gasteiger partial charge in [0.05, 0.1) is 19.1 Å². The molecule has 2 aliphatic heterocycles. The highest BCUT2D eigenvalue weighted by molar-refractivity contribution is 6.01. The third-order valence-corrected chi connectivity index (χ3v) is 6.19. The Balaban J connectivity index is 1.36. The first kappa shape index (κ1) is 21.1. The molecule has 6 heteroatoms. The van der Waals surface area contributed by atoms with Crippen molar-refractivity contribution in [3.8, 4) is 5.75 Å². The fourth-order valence-electron chi connectivity index (χ4n) is 4.28. The van der Waals surface area contributed by atoms with Gasteiger partial charge in [0.15, 0.2) is 5.78 Å². The molecule has 0 aliphatic carbocycles. The summed E-state index contributed by atoms with van der Waals surface area (Å²) in [4.78, 5) is 26.6. The van der Waals surface area contributed by atoms with Crippen molar-refractivity contribution in [3.63, 3.8) is 0 Å². The molecule has 0 aromatic heterocycles. The Kier molecular flexibility index (Phi) is 6.09. The molecular weight excluding hydrogens is 392 g/mol. The maximum absolute atomic E-state index is 12.9. The summed E-state index contributed by atoms with van der Waals surface area (Å²) < 4.78 is 11.0. The molecule has 1 fully saturated rings. The monoisotopic (exact) mass is 420 g/mol. The fraction of sp³-hybridized carbons (Fsp3) is 0.360. The SMILES string of the molecule is COC(=O)C=Cc1ccc2c(c1)C(=O)CC1(CCN(CCc3ccc(N)cc3)CC1)O2. The number of benzene rings is 2. The summed E-state index contributed by atoms with van der Waals surface area (Å²) in [5.41, 5.74) is 8.77. The van der Waals surface area contributed by atoms with Gasteiger partial charge >= 0.3 is 5.97 Å². The minimum Gasteiger partial charge on any atom is -0.486 e. The van der Waals surface area contributed by atoms with Crippen LogP contribution in [-0.4, -0.2) is 49.0 Å². The number of ketones is 1. The summed E-state index contributed by atoms with van der Waals surface area (Å²) in [7, 11) is 1.33. The molecule has 2 aliphatic rings.